The fourth-order valence-corrected chi connectivity index (χ4v) is 4.71. The lowest BCUT2D eigenvalue weighted by Crippen LogP contribution is -2.48. The fourth-order valence-electron chi connectivity index (χ4n) is 3.63. The molecule has 2 aromatic carbocycles. The first-order valence-electron chi connectivity index (χ1n) is 10.7. The van der Waals surface area contributed by atoms with Crippen LogP contribution in [0.1, 0.15) is 44.7 Å². The summed E-state index contributed by atoms with van der Waals surface area (Å²) in [6.07, 6.45) is 2.52. The Morgan fingerprint density at radius 2 is 1.32 bits per heavy atom. The predicted octanol–water partition coefficient (Wildman–Crippen LogP) is 6.49. The summed E-state index contributed by atoms with van der Waals surface area (Å²) < 4.78 is 6.48. The van der Waals surface area contributed by atoms with Gasteiger partial charge in [0.2, 0.25) is 0 Å². The second-order valence-corrected chi connectivity index (χ2v) is 14.7. The number of hydrogen-bond donors (Lipinski definition) is 0. The number of rotatable bonds is 8. The molecule has 1 aliphatic carbocycles. The van der Waals surface area contributed by atoms with Gasteiger partial charge in [0.1, 0.15) is 0 Å². The van der Waals surface area contributed by atoms with Crippen molar-refractivity contribution < 1.29 is 4.43 Å². The largest absolute Gasteiger partial charge is 0.417 e. The Morgan fingerprint density at radius 3 is 1.75 bits per heavy atom. The number of benzene rings is 2. The maximum atomic E-state index is 6.48. The minimum absolute atomic E-state index is 0.294. The van der Waals surface area contributed by atoms with Gasteiger partial charge in [-0.3, -0.25) is 4.90 Å². The summed E-state index contributed by atoms with van der Waals surface area (Å²) in [5.74, 6) is 0.716. The van der Waals surface area contributed by atoms with Crippen LogP contribution in [-0.4, -0.2) is 25.9 Å². The van der Waals surface area contributed by atoms with Crippen molar-refractivity contribution in [1.29, 1.82) is 0 Å². The Hall–Kier alpha value is -1.42. The normalized spacial score (nSPS) is 20.2. The quantitative estimate of drug-likeness (QED) is 0.474. The van der Waals surface area contributed by atoms with Crippen LogP contribution in [0.15, 0.2) is 60.7 Å². The van der Waals surface area contributed by atoms with Gasteiger partial charge in [-0.25, -0.2) is 0 Å². The first-order chi connectivity index (χ1) is 13.2. The smallest absolute Gasteiger partial charge is 0.191 e. The Bertz CT molecular complexity index is 676. The molecule has 2 nitrogen and oxygen atoms in total. The van der Waals surface area contributed by atoms with E-state index in [1.807, 2.05) is 0 Å². The van der Waals surface area contributed by atoms with Gasteiger partial charge in [0.15, 0.2) is 8.32 Å². The van der Waals surface area contributed by atoms with Crippen molar-refractivity contribution >= 4 is 8.32 Å². The molecule has 0 atom stereocenters. The summed E-state index contributed by atoms with van der Waals surface area (Å²) in [6.45, 7) is 14.7. The van der Waals surface area contributed by atoms with Crippen molar-refractivity contribution in [3.05, 3.63) is 71.8 Å². The van der Waals surface area contributed by atoms with Crippen LogP contribution in [0.5, 0.6) is 0 Å². The predicted molar refractivity (Wildman–Crippen MR) is 122 cm³/mol. The molecular weight excluding hydrogens is 358 g/mol. The Morgan fingerprint density at radius 1 is 0.857 bits per heavy atom. The Balaban J connectivity index is 1.58. The highest BCUT2D eigenvalue weighted by Gasteiger charge is 2.40. The van der Waals surface area contributed by atoms with Crippen LogP contribution in [0.25, 0.3) is 0 Å². The molecule has 0 saturated heterocycles. The highest BCUT2D eigenvalue weighted by molar-refractivity contribution is 6.74. The lowest BCUT2D eigenvalue weighted by molar-refractivity contribution is 0.0380. The van der Waals surface area contributed by atoms with Gasteiger partial charge >= 0.3 is 0 Å². The van der Waals surface area contributed by atoms with Crippen LogP contribution in [0.4, 0.5) is 0 Å². The SMILES string of the molecule is CC(C)(C)[Si](C)(C)OC[C@H]1C[C@@H](N(Cc2ccccc2)Cc2ccccc2)C1. The van der Waals surface area contributed by atoms with Gasteiger partial charge < -0.3 is 4.43 Å². The second kappa shape index (κ2) is 8.94. The van der Waals surface area contributed by atoms with Gasteiger partial charge in [-0.2, -0.15) is 0 Å². The highest BCUT2D eigenvalue weighted by atomic mass is 28.4. The van der Waals surface area contributed by atoms with Gasteiger partial charge in [0.05, 0.1) is 0 Å². The van der Waals surface area contributed by atoms with Crippen molar-refractivity contribution in [2.24, 2.45) is 5.92 Å². The molecule has 2 aromatic rings. The summed E-state index contributed by atoms with van der Waals surface area (Å²) in [6, 6.07) is 22.4. The van der Waals surface area contributed by atoms with Crippen LogP contribution in [-0.2, 0) is 17.5 Å². The van der Waals surface area contributed by atoms with E-state index in [1.165, 1.54) is 24.0 Å². The summed E-state index contributed by atoms with van der Waals surface area (Å²) in [5.41, 5.74) is 2.80. The molecule has 0 aliphatic heterocycles. The van der Waals surface area contributed by atoms with Crippen LogP contribution in [0.2, 0.25) is 18.1 Å². The van der Waals surface area contributed by atoms with E-state index >= 15 is 0 Å². The molecule has 0 spiro atoms. The molecule has 0 amide bonds. The highest BCUT2D eigenvalue weighted by Crippen LogP contribution is 2.39. The van der Waals surface area contributed by atoms with E-state index in [9.17, 15) is 0 Å². The number of hydrogen-bond acceptors (Lipinski definition) is 2. The molecule has 1 aliphatic rings. The molecule has 152 valence electrons. The van der Waals surface area contributed by atoms with Crippen LogP contribution >= 0.6 is 0 Å². The molecule has 1 saturated carbocycles. The molecule has 3 rings (SSSR count). The first kappa shape index (κ1) is 21.3. The Labute approximate surface area is 173 Å². The molecule has 0 heterocycles. The standard InChI is InChI=1S/C25H37NOSi/c1-25(2,3)28(4,5)27-20-23-16-24(17-23)26(18-21-12-8-6-9-13-21)19-22-14-10-7-11-15-22/h6-15,23-24H,16-20H2,1-5H3/t23-,24+. The van der Waals surface area contributed by atoms with E-state index < -0.39 is 8.32 Å². The topological polar surface area (TPSA) is 12.5 Å². The van der Waals surface area contributed by atoms with E-state index in [1.54, 1.807) is 0 Å². The maximum absolute atomic E-state index is 6.48. The third kappa shape index (κ3) is 5.56. The Kier molecular flexibility index (Phi) is 6.80. The molecule has 0 N–H and O–H groups in total. The molecular formula is C25H37NOSi. The van der Waals surface area contributed by atoms with E-state index in [4.69, 9.17) is 4.43 Å². The van der Waals surface area contributed by atoms with Crippen LogP contribution < -0.4 is 0 Å². The average molecular weight is 396 g/mol. The van der Waals surface area contributed by atoms with Gasteiger partial charge in [0.25, 0.3) is 0 Å². The van der Waals surface area contributed by atoms with Gasteiger partial charge in [-0.1, -0.05) is 81.4 Å². The zero-order valence-electron chi connectivity index (χ0n) is 18.3. The second-order valence-electron chi connectivity index (χ2n) is 9.94. The van der Waals surface area contributed by atoms with Gasteiger partial charge in [0, 0.05) is 25.7 Å². The molecule has 0 aromatic heterocycles. The molecule has 28 heavy (non-hydrogen) atoms. The van der Waals surface area contributed by atoms with Crippen molar-refractivity contribution in [2.45, 2.75) is 70.9 Å². The fraction of sp³-hybridized carbons (Fsp3) is 0.520. The van der Waals surface area contributed by atoms with Crippen LogP contribution in [0.3, 0.4) is 0 Å². The zero-order chi connectivity index (χ0) is 20.2. The van der Waals surface area contributed by atoms with Gasteiger partial charge in [-0.15, -0.1) is 0 Å². The maximum Gasteiger partial charge on any atom is 0.191 e. The van der Waals surface area contributed by atoms with Gasteiger partial charge in [-0.05, 0) is 48.0 Å². The molecule has 0 bridgehead atoms. The molecule has 1 fully saturated rings. The van der Waals surface area contributed by atoms with E-state index in [2.05, 4.69) is 99.4 Å². The third-order valence-corrected chi connectivity index (χ3v) is 11.2. The molecule has 0 radical (unpaired) electrons. The summed E-state index contributed by atoms with van der Waals surface area (Å²) in [4.78, 5) is 2.66. The first-order valence-corrected chi connectivity index (χ1v) is 13.6. The lowest BCUT2D eigenvalue weighted by atomic mass is 9.79. The van der Waals surface area contributed by atoms with Crippen LogP contribution in [0, 0.1) is 5.92 Å². The van der Waals surface area contributed by atoms with E-state index in [-0.39, 0.29) is 0 Å². The average Bonchev–Trinajstić information content (AvgIpc) is 2.61. The zero-order valence-corrected chi connectivity index (χ0v) is 19.3. The molecule has 3 heteroatoms. The lowest BCUT2D eigenvalue weighted by Gasteiger charge is -2.45. The number of nitrogens with zero attached hydrogens (tertiary/aromatic N) is 1. The minimum Gasteiger partial charge on any atom is -0.417 e. The minimum atomic E-state index is -1.63. The van der Waals surface area contributed by atoms with Crippen molar-refractivity contribution in [2.75, 3.05) is 6.61 Å². The summed E-state index contributed by atoms with van der Waals surface area (Å²) in [5, 5.41) is 0.294. The summed E-state index contributed by atoms with van der Waals surface area (Å²) >= 11 is 0. The third-order valence-electron chi connectivity index (χ3n) is 6.67. The molecule has 0 unspecified atom stereocenters. The monoisotopic (exact) mass is 395 g/mol. The summed E-state index contributed by atoms with van der Waals surface area (Å²) in [7, 11) is -1.63. The van der Waals surface area contributed by atoms with E-state index in [0.717, 1.165) is 19.7 Å². The van der Waals surface area contributed by atoms with E-state index in [0.29, 0.717) is 17.0 Å². The van der Waals surface area contributed by atoms with Crippen molar-refractivity contribution in [3.63, 3.8) is 0 Å². The van der Waals surface area contributed by atoms with Crippen molar-refractivity contribution in [3.8, 4) is 0 Å². The van der Waals surface area contributed by atoms with Crippen molar-refractivity contribution in [1.82, 2.24) is 4.90 Å².